The van der Waals surface area contributed by atoms with E-state index in [-0.39, 0.29) is 5.91 Å². The molecule has 140 valence electrons. The molecule has 3 rings (SSSR count). The third-order valence-electron chi connectivity index (χ3n) is 5.12. The molecular formula is C19H28N6O. The summed E-state index contributed by atoms with van der Waals surface area (Å²) in [6.07, 6.45) is 2.88. The van der Waals surface area contributed by atoms with E-state index >= 15 is 0 Å². The lowest BCUT2D eigenvalue weighted by atomic mass is 10.1. The minimum Gasteiger partial charge on any atom is -0.354 e. The number of amides is 1. The van der Waals surface area contributed by atoms with Gasteiger partial charge in [-0.3, -0.25) is 9.48 Å². The van der Waals surface area contributed by atoms with Crippen LogP contribution in [0.1, 0.15) is 23.4 Å². The molecule has 1 aliphatic rings. The summed E-state index contributed by atoms with van der Waals surface area (Å²) in [5, 5.41) is 7.34. The Balaban J connectivity index is 1.53. The number of rotatable bonds is 5. The molecule has 0 saturated carbocycles. The summed E-state index contributed by atoms with van der Waals surface area (Å²) in [5.41, 5.74) is 4.02. The monoisotopic (exact) mass is 356 g/mol. The average Bonchev–Trinajstić information content (AvgIpc) is 2.87. The highest BCUT2D eigenvalue weighted by molar-refractivity contribution is 5.90. The fourth-order valence-corrected chi connectivity index (χ4v) is 3.32. The van der Waals surface area contributed by atoms with Gasteiger partial charge in [-0.2, -0.15) is 5.10 Å². The van der Waals surface area contributed by atoms with E-state index in [0.717, 1.165) is 54.6 Å². The second-order valence-corrected chi connectivity index (χ2v) is 7.02. The molecule has 0 radical (unpaired) electrons. The Hall–Kier alpha value is -2.41. The van der Waals surface area contributed by atoms with Gasteiger partial charge in [0.25, 0.3) is 0 Å². The number of hydrogen-bond donors (Lipinski definition) is 1. The Morgan fingerprint density at radius 3 is 2.46 bits per heavy atom. The minimum atomic E-state index is 0.00167. The number of nitrogens with one attached hydrogen (secondary N) is 1. The Morgan fingerprint density at radius 1 is 1.15 bits per heavy atom. The van der Waals surface area contributed by atoms with Crippen molar-refractivity contribution in [2.75, 3.05) is 43.4 Å². The van der Waals surface area contributed by atoms with E-state index in [9.17, 15) is 4.79 Å². The third-order valence-corrected chi connectivity index (χ3v) is 5.12. The van der Waals surface area contributed by atoms with E-state index in [1.807, 2.05) is 37.7 Å². The summed E-state index contributed by atoms with van der Waals surface area (Å²) >= 11 is 0. The van der Waals surface area contributed by atoms with Crippen LogP contribution in [0.4, 0.5) is 11.5 Å². The lowest BCUT2D eigenvalue weighted by Gasteiger charge is -2.33. The van der Waals surface area contributed by atoms with Crippen molar-refractivity contribution in [2.45, 2.75) is 26.7 Å². The van der Waals surface area contributed by atoms with Crippen molar-refractivity contribution in [3.63, 3.8) is 0 Å². The predicted octanol–water partition coefficient (Wildman–Crippen LogP) is 1.76. The number of carbonyl (C=O) groups excluding carboxylic acids is 1. The summed E-state index contributed by atoms with van der Waals surface area (Å²) in [6, 6.07) is 3.91. The number of nitrogens with zero attached hydrogens (tertiary/aromatic N) is 5. The zero-order valence-corrected chi connectivity index (χ0v) is 16.1. The maximum absolute atomic E-state index is 12.3. The van der Waals surface area contributed by atoms with Gasteiger partial charge in [0.15, 0.2) is 0 Å². The van der Waals surface area contributed by atoms with Crippen molar-refractivity contribution in [1.82, 2.24) is 19.7 Å². The molecule has 0 unspecified atom stereocenters. The lowest BCUT2D eigenvalue weighted by molar-refractivity contribution is -0.116. The molecule has 7 heteroatoms. The summed E-state index contributed by atoms with van der Waals surface area (Å²) in [5.74, 6) is 0.972. The van der Waals surface area contributed by atoms with E-state index in [1.54, 1.807) is 6.20 Å². The number of anilines is 2. The number of likely N-dealkylation sites (N-methyl/N-ethyl adjacent to an activating group) is 1. The molecule has 0 spiro atoms. The first-order valence-corrected chi connectivity index (χ1v) is 9.12. The number of pyridine rings is 1. The molecule has 1 amide bonds. The molecule has 0 bridgehead atoms. The van der Waals surface area contributed by atoms with Gasteiger partial charge in [0.2, 0.25) is 5.91 Å². The molecule has 26 heavy (non-hydrogen) atoms. The van der Waals surface area contributed by atoms with E-state index in [4.69, 9.17) is 0 Å². The normalized spacial score (nSPS) is 15.3. The van der Waals surface area contributed by atoms with Crippen LogP contribution in [0, 0.1) is 13.8 Å². The van der Waals surface area contributed by atoms with Crippen LogP contribution in [0.5, 0.6) is 0 Å². The molecule has 1 N–H and O–H groups in total. The molecule has 0 aliphatic carbocycles. The highest BCUT2D eigenvalue weighted by Gasteiger charge is 2.15. The largest absolute Gasteiger partial charge is 0.354 e. The minimum absolute atomic E-state index is 0.00167. The van der Waals surface area contributed by atoms with E-state index < -0.39 is 0 Å². The fraction of sp³-hybridized carbons (Fsp3) is 0.526. The summed E-state index contributed by atoms with van der Waals surface area (Å²) in [6.45, 7) is 8.09. The molecule has 0 aromatic carbocycles. The van der Waals surface area contributed by atoms with Crippen molar-refractivity contribution >= 4 is 17.4 Å². The molecule has 1 fully saturated rings. The van der Waals surface area contributed by atoms with E-state index in [1.165, 1.54) is 0 Å². The fourth-order valence-electron chi connectivity index (χ4n) is 3.32. The maximum Gasteiger partial charge on any atom is 0.224 e. The number of piperazine rings is 1. The van der Waals surface area contributed by atoms with E-state index in [2.05, 4.69) is 32.2 Å². The van der Waals surface area contributed by atoms with Gasteiger partial charge in [0, 0.05) is 45.3 Å². The SMILES string of the molecule is Cc1nn(C)c(C)c1CCC(=O)Nc1ccc(N2CCN(C)CC2)nc1. The molecule has 1 saturated heterocycles. The van der Waals surface area contributed by atoms with Crippen molar-refractivity contribution < 1.29 is 4.79 Å². The van der Waals surface area contributed by atoms with Crippen LogP contribution in [-0.2, 0) is 18.3 Å². The second kappa shape index (κ2) is 7.86. The molecule has 3 heterocycles. The van der Waals surface area contributed by atoms with Crippen LogP contribution in [-0.4, -0.2) is 58.8 Å². The smallest absolute Gasteiger partial charge is 0.224 e. The zero-order chi connectivity index (χ0) is 18.7. The van der Waals surface area contributed by atoms with Gasteiger partial charge in [-0.05, 0) is 45.0 Å². The molecular weight excluding hydrogens is 328 g/mol. The van der Waals surface area contributed by atoms with Gasteiger partial charge in [-0.15, -0.1) is 0 Å². The van der Waals surface area contributed by atoms with Crippen LogP contribution < -0.4 is 10.2 Å². The second-order valence-electron chi connectivity index (χ2n) is 7.02. The summed E-state index contributed by atoms with van der Waals surface area (Å²) < 4.78 is 1.86. The number of hydrogen-bond acceptors (Lipinski definition) is 5. The molecule has 2 aromatic heterocycles. The van der Waals surface area contributed by atoms with E-state index in [0.29, 0.717) is 12.8 Å². The molecule has 1 aliphatic heterocycles. The Bertz CT molecular complexity index is 759. The van der Waals surface area contributed by atoms with Crippen LogP contribution in [0.15, 0.2) is 18.3 Å². The first-order valence-electron chi connectivity index (χ1n) is 9.12. The number of aromatic nitrogens is 3. The van der Waals surface area contributed by atoms with Crippen molar-refractivity contribution in [3.8, 4) is 0 Å². The van der Waals surface area contributed by atoms with Gasteiger partial charge < -0.3 is 15.1 Å². The first kappa shape index (κ1) is 18.4. The van der Waals surface area contributed by atoms with Crippen LogP contribution >= 0.6 is 0 Å². The summed E-state index contributed by atoms with van der Waals surface area (Å²) in [7, 11) is 4.07. The van der Waals surface area contributed by atoms with Crippen molar-refractivity contribution in [3.05, 3.63) is 35.3 Å². The van der Waals surface area contributed by atoms with Crippen LogP contribution in [0.25, 0.3) is 0 Å². The summed E-state index contributed by atoms with van der Waals surface area (Å²) in [4.78, 5) is 21.4. The predicted molar refractivity (Wildman–Crippen MR) is 104 cm³/mol. The van der Waals surface area contributed by atoms with Gasteiger partial charge in [-0.1, -0.05) is 0 Å². The average molecular weight is 356 g/mol. The lowest BCUT2D eigenvalue weighted by Crippen LogP contribution is -2.44. The standard InChI is InChI=1S/C19H28N6O/c1-14-17(15(2)24(4)22-14)6-8-19(26)21-16-5-7-18(20-13-16)25-11-9-23(3)10-12-25/h5,7,13H,6,8-12H2,1-4H3,(H,21,26). The highest BCUT2D eigenvalue weighted by atomic mass is 16.1. The Morgan fingerprint density at radius 2 is 1.88 bits per heavy atom. The Labute approximate surface area is 155 Å². The molecule has 7 nitrogen and oxygen atoms in total. The zero-order valence-electron chi connectivity index (χ0n) is 16.1. The number of aryl methyl sites for hydroxylation is 2. The maximum atomic E-state index is 12.3. The number of carbonyl (C=O) groups is 1. The Kier molecular flexibility index (Phi) is 5.56. The van der Waals surface area contributed by atoms with Crippen molar-refractivity contribution in [2.24, 2.45) is 7.05 Å². The topological polar surface area (TPSA) is 66.3 Å². The van der Waals surface area contributed by atoms with Crippen LogP contribution in [0.2, 0.25) is 0 Å². The quantitative estimate of drug-likeness (QED) is 0.884. The van der Waals surface area contributed by atoms with Crippen LogP contribution in [0.3, 0.4) is 0 Å². The first-order chi connectivity index (χ1) is 12.4. The van der Waals surface area contributed by atoms with Gasteiger partial charge >= 0.3 is 0 Å². The molecule has 0 atom stereocenters. The van der Waals surface area contributed by atoms with Gasteiger partial charge in [-0.25, -0.2) is 4.98 Å². The van der Waals surface area contributed by atoms with Crippen molar-refractivity contribution in [1.29, 1.82) is 0 Å². The molecule has 2 aromatic rings. The van der Waals surface area contributed by atoms with Gasteiger partial charge in [0.1, 0.15) is 5.82 Å². The highest BCUT2D eigenvalue weighted by Crippen LogP contribution is 2.17. The third kappa shape index (κ3) is 4.22. The van der Waals surface area contributed by atoms with Gasteiger partial charge in [0.05, 0.1) is 17.6 Å².